The Kier molecular flexibility index (Phi) is 4.85. The van der Waals surface area contributed by atoms with E-state index in [0.29, 0.717) is 6.54 Å². The lowest BCUT2D eigenvalue weighted by atomic mass is 10.1. The first-order chi connectivity index (χ1) is 9.19. The highest BCUT2D eigenvalue weighted by atomic mass is 79.9. The van der Waals surface area contributed by atoms with Gasteiger partial charge in [0.1, 0.15) is 16.2 Å². The first-order valence-corrected chi connectivity index (χ1v) is 7.15. The van der Waals surface area contributed by atoms with Crippen LogP contribution < -0.4 is 5.32 Å². The normalized spacial score (nSPS) is 10.5. The average Bonchev–Trinajstić information content (AvgIpc) is 2.37. The SMILES string of the molecule is CCCc1nc(Br)cc(NCc2cnccc2C)n1. The smallest absolute Gasteiger partial charge is 0.132 e. The summed E-state index contributed by atoms with van der Waals surface area (Å²) in [5, 5.41) is 3.32. The van der Waals surface area contributed by atoms with Crippen LogP contribution in [0.2, 0.25) is 0 Å². The van der Waals surface area contributed by atoms with Gasteiger partial charge in [-0.1, -0.05) is 6.92 Å². The van der Waals surface area contributed by atoms with Gasteiger partial charge in [0.25, 0.3) is 0 Å². The number of pyridine rings is 1. The van der Waals surface area contributed by atoms with E-state index in [4.69, 9.17) is 0 Å². The molecule has 0 saturated heterocycles. The summed E-state index contributed by atoms with van der Waals surface area (Å²) in [4.78, 5) is 13.0. The first kappa shape index (κ1) is 13.9. The molecule has 0 radical (unpaired) electrons. The summed E-state index contributed by atoms with van der Waals surface area (Å²) in [6.45, 7) is 4.92. The summed E-state index contributed by atoms with van der Waals surface area (Å²) in [5.41, 5.74) is 2.40. The van der Waals surface area contributed by atoms with Crippen LogP contribution in [0.25, 0.3) is 0 Å². The van der Waals surface area contributed by atoms with Crippen LogP contribution in [0.4, 0.5) is 5.82 Å². The molecule has 0 aliphatic carbocycles. The Bertz CT molecular complexity index is 557. The molecule has 0 aliphatic heterocycles. The summed E-state index contributed by atoms with van der Waals surface area (Å²) in [6, 6.07) is 3.90. The van der Waals surface area contributed by atoms with Gasteiger partial charge in [0.2, 0.25) is 0 Å². The molecule has 0 unspecified atom stereocenters. The van der Waals surface area contributed by atoms with Gasteiger partial charge in [0.05, 0.1) is 0 Å². The molecular formula is C14H17BrN4. The minimum absolute atomic E-state index is 0.717. The molecule has 2 rings (SSSR count). The molecular weight excluding hydrogens is 304 g/mol. The van der Waals surface area contributed by atoms with Crippen LogP contribution in [0.15, 0.2) is 29.1 Å². The highest BCUT2D eigenvalue weighted by Crippen LogP contribution is 2.15. The van der Waals surface area contributed by atoms with Gasteiger partial charge < -0.3 is 5.32 Å². The van der Waals surface area contributed by atoms with Crippen molar-refractivity contribution in [3.8, 4) is 0 Å². The zero-order chi connectivity index (χ0) is 13.7. The fraction of sp³-hybridized carbons (Fsp3) is 0.357. The molecule has 100 valence electrons. The van der Waals surface area contributed by atoms with E-state index < -0.39 is 0 Å². The Morgan fingerprint density at radius 3 is 2.89 bits per heavy atom. The number of nitrogens with one attached hydrogen (secondary N) is 1. The van der Waals surface area contributed by atoms with Gasteiger partial charge in [-0.25, -0.2) is 9.97 Å². The number of rotatable bonds is 5. The maximum Gasteiger partial charge on any atom is 0.132 e. The minimum Gasteiger partial charge on any atom is -0.366 e. The number of hydrogen-bond donors (Lipinski definition) is 1. The Morgan fingerprint density at radius 1 is 1.32 bits per heavy atom. The standard InChI is InChI=1S/C14H17BrN4/c1-3-4-13-18-12(15)7-14(19-13)17-9-11-8-16-6-5-10(11)2/h5-8H,3-4,9H2,1-2H3,(H,17,18,19). The van der Waals surface area contributed by atoms with Crippen LogP contribution in [0.5, 0.6) is 0 Å². The number of nitrogens with zero attached hydrogens (tertiary/aromatic N) is 3. The maximum absolute atomic E-state index is 4.50. The molecule has 5 heteroatoms. The molecule has 2 aromatic heterocycles. The summed E-state index contributed by atoms with van der Waals surface area (Å²) >= 11 is 3.42. The van der Waals surface area contributed by atoms with Crippen molar-refractivity contribution in [2.24, 2.45) is 0 Å². The van der Waals surface area contributed by atoms with Gasteiger partial charge in [-0.15, -0.1) is 0 Å². The van der Waals surface area contributed by atoms with E-state index in [2.05, 4.69) is 50.0 Å². The first-order valence-electron chi connectivity index (χ1n) is 6.36. The van der Waals surface area contributed by atoms with E-state index in [1.165, 1.54) is 11.1 Å². The van der Waals surface area contributed by atoms with E-state index in [9.17, 15) is 0 Å². The van der Waals surface area contributed by atoms with E-state index >= 15 is 0 Å². The molecule has 0 amide bonds. The van der Waals surface area contributed by atoms with Crippen molar-refractivity contribution in [1.29, 1.82) is 0 Å². The molecule has 2 heterocycles. The fourth-order valence-electron chi connectivity index (χ4n) is 1.76. The maximum atomic E-state index is 4.50. The van der Waals surface area contributed by atoms with Crippen LogP contribution in [-0.2, 0) is 13.0 Å². The largest absolute Gasteiger partial charge is 0.366 e. The molecule has 4 nitrogen and oxygen atoms in total. The Hall–Kier alpha value is -1.49. The van der Waals surface area contributed by atoms with Crippen molar-refractivity contribution in [3.63, 3.8) is 0 Å². The quantitative estimate of drug-likeness (QED) is 0.856. The lowest BCUT2D eigenvalue weighted by Gasteiger charge is -2.09. The Morgan fingerprint density at radius 2 is 2.16 bits per heavy atom. The highest BCUT2D eigenvalue weighted by Gasteiger charge is 2.03. The third-order valence-corrected chi connectivity index (χ3v) is 3.23. The lowest BCUT2D eigenvalue weighted by molar-refractivity contribution is 0.828. The van der Waals surface area contributed by atoms with Crippen LogP contribution in [0, 0.1) is 6.92 Å². The van der Waals surface area contributed by atoms with E-state index in [0.717, 1.165) is 29.1 Å². The summed E-state index contributed by atoms with van der Waals surface area (Å²) in [5.74, 6) is 1.70. The monoisotopic (exact) mass is 320 g/mol. The van der Waals surface area contributed by atoms with Crippen LogP contribution in [0.1, 0.15) is 30.3 Å². The molecule has 0 atom stereocenters. The van der Waals surface area contributed by atoms with Gasteiger partial charge in [0, 0.05) is 31.4 Å². The Balaban J connectivity index is 2.09. The summed E-state index contributed by atoms with van der Waals surface area (Å²) in [6.07, 6.45) is 5.61. The van der Waals surface area contributed by atoms with Crippen molar-refractivity contribution >= 4 is 21.7 Å². The Labute approximate surface area is 121 Å². The second-order valence-corrected chi connectivity index (χ2v) is 5.21. The van der Waals surface area contributed by atoms with Gasteiger partial charge in [-0.3, -0.25) is 4.98 Å². The highest BCUT2D eigenvalue weighted by molar-refractivity contribution is 9.10. The van der Waals surface area contributed by atoms with E-state index in [1.54, 1.807) is 6.20 Å². The van der Waals surface area contributed by atoms with Gasteiger partial charge in [-0.05, 0) is 46.5 Å². The lowest BCUT2D eigenvalue weighted by Crippen LogP contribution is -2.06. The summed E-state index contributed by atoms with van der Waals surface area (Å²) in [7, 11) is 0. The van der Waals surface area contributed by atoms with Crippen molar-refractivity contribution in [2.75, 3.05) is 5.32 Å². The second kappa shape index (κ2) is 6.61. The van der Waals surface area contributed by atoms with Crippen molar-refractivity contribution in [2.45, 2.75) is 33.2 Å². The molecule has 2 aromatic rings. The third-order valence-electron chi connectivity index (χ3n) is 2.82. The number of anilines is 1. The number of aromatic nitrogens is 3. The van der Waals surface area contributed by atoms with E-state index in [-0.39, 0.29) is 0 Å². The van der Waals surface area contributed by atoms with E-state index in [1.807, 2.05) is 18.3 Å². The van der Waals surface area contributed by atoms with Gasteiger partial charge in [-0.2, -0.15) is 0 Å². The zero-order valence-corrected chi connectivity index (χ0v) is 12.7. The van der Waals surface area contributed by atoms with Crippen LogP contribution >= 0.6 is 15.9 Å². The van der Waals surface area contributed by atoms with Gasteiger partial charge >= 0.3 is 0 Å². The molecule has 0 bridgehead atoms. The zero-order valence-electron chi connectivity index (χ0n) is 11.2. The molecule has 0 aromatic carbocycles. The van der Waals surface area contributed by atoms with Crippen LogP contribution in [-0.4, -0.2) is 15.0 Å². The number of halogens is 1. The predicted octanol–water partition coefficient (Wildman–Crippen LogP) is 3.51. The fourth-order valence-corrected chi connectivity index (χ4v) is 2.18. The number of hydrogen-bond acceptors (Lipinski definition) is 4. The molecule has 0 spiro atoms. The average molecular weight is 321 g/mol. The van der Waals surface area contributed by atoms with Crippen molar-refractivity contribution in [1.82, 2.24) is 15.0 Å². The number of aryl methyl sites for hydroxylation is 2. The van der Waals surface area contributed by atoms with Crippen molar-refractivity contribution in [3.05, 3.63) is 46.1 Å². The third kappa shape index (κ3) is 3.99. The molecule has 1 N–H and O–H groups in total. The van der Waals surface area contributed by atoms with Gasteiger partial charge in [0.15, 0.2) is 0 Å². The van der Waals surface area contributed by atoms with Crippen molar-refractivity contribution < 1.29 is 0 Å². The second-order valence-electron chi connectivity index (χ2n) is 4.40. The van der Waals surface area contributed by atoms with Crippen LogP contribution in [0.3, 0.4) is 0 Å². The minimum atomic E-state index is 0.717. The molecule has 0 fully saturated rings. The topological polar surface area (TPSA) is 50.7 Å². The molecule has 0 saturated carbocycles. The summed E-state index contributed by atoms with van der Waals surface area (Å²) < 4.78 is 0.816. The molecule has 19 heavy (non-hydrogen) atoms. The predicted molar refractivity (Wildman–Crippen MR) is 80.0 cm³/mol. The molecule has 0 aliphatic rings.